The maximum Gasteiger partial charge on any atom is 0.326 e. The van der Waals surface area contributed by atoms with E-state index in [1.165, 1.54) is 11.8 Å². The highest BCUT2D eigenvalue weighted by Gasteiger charge is 2.27. The number of carbonyl (C=O) groups excluding carboxylic acids is 3. The number of rotatable bonds is 15. The monoisotopic (exact) mass is 450 g/mol. The van der Waals surface area contributed by atoms with Crippen molar-refractivity contribution in [3.8, 4) is 0 Å². The van der Waals surface area contributed by atoms with Gasteiger partial charge in [0.05, 0.1) is 19.0 Å². The Hall–Kier alpha value is -2.87. The Labute approximate surface area is 176 Å². The number of hydrogen-bond donors (Lipinski definition) is 7. The molecule has 0 heterocycles. The number of nitrogens with two attached hydrogens (primary N) is 1. The summed E-state index contributed by atoms with van der Waals surface area (Å²) in [7, 11) is 0. The Bertz CT molecular complexity index is 659. The summed E-state index contributed by atoms with van der Waals surface area (Å²) in [6.45, 7) is -0.573. The van der Waals surface area contributed by atoms with Gasteiger partial charge in [0.1, 0.15) is 12.1 Å². The Balaban J connectivity index is 4.88. The molecule has 0 saturated carbocycles. The van der Waals surface area contributed by atoms with E-state index < -0.39 is 73.1 Å². The van der Waals surface area contributed by atoms with E-state index in [4.69, 9.17) is 21.1 Å². The van der Waals surface area contributed by atoms with Gasteiger partial charge in [0.2, 0.25) is 17.7 Å². The number of carboxylic acids is 3. The maximum absolute atomic E-state index is 12.4. The van der Waals surface area contributed by atoms with Crippen LogP contribution in [0.4, 0.5) is 0 Å². The standard InChI is InChI=1S/C16H26N4O9S/c1-30-5-4-9(15(27)20-10(16(28)29)2-3-12(22)23)19-11(21)7-18-14(26)8(17)6-13(24)25/h8-10H,2-7,17H2,1H3,(H,18,26)(H,19,21)(H,20,27)(H,22,23)(H,24,25)(H,28,29). The Kier molecular flexibility index (Phi) is 12.8. The molecule has 0 aliphatic carbocycles. The van der Waals surface area contributed by atoms with Gasteiger partial charge in [-0.2, -0.15) is 11.8 Å². The fourth-order valence-electron chi connectivity index (χ4n) is 2.13. The van der Waals surface area contributed by atoms with Crippen LogP contribution in [0.2, 0.25) is 0 Å². The molecule has 0 aromatic rings. The van der Waals surface area contributed by atoms with Gasteiger partial charge in [-0.1, -0.05) is 0 Å². The molecule has 14 heteroatoms. The van der Waals surface area contributed by atoms with E-state index in [0.29, 0.717) is 5.75 Å². The van der Waals surface area contributed by atoms with Crippen molar-refractivity contribution in [2.75, 3.05) is 18.6 Å². The molecule has 0 rings (SSSR count). The van der Waals surface area contributed by atoms with E-state index >= 15 is 0 Å². The zero-order valence-electron chi connectivity index (χ0n) is 16.3. The topological polar surface area (TPSA) is 225 Å². The normalized spacial score (nSPS) is 13.4. The lowest BCUT2D eigenvalue weighted by molar-refractivity contribution is -0.143. The third kappa shape index (κ3) is 11.9. The lowest BCUT2D eigenvalue weighted by Crippen LogP contribution is -2.54. The number of amides is 3. The van der Waals surface area contributed by atoms with E-state index in [1.807, 2.05) is 0 Å². The van der Waals surface area contributed by atoms with Crippen molar-refractivity contribution in [1.29, 1.82) is 0 Å². The Morgan fingerprint density at radius 3 is 2.03 bits per heavy atom. The van der Waals surface area contributed by atoms with Crippen LogP contribution in [0.5, 0.6) is 0 Å². The van der Waals surface area contributed by atoms with Gasteiger partial charge in [-0.3, -0.25) is 24.0 Å². The number of thioether (sulfide) groups is 1. The van der Waals surface area contributed by atoms with Crippen molar-refractivity contribution in [2.24, 2.45) is 5.73 Å². The number of hydrogen-bond acceptors (Lipinski definition) is 8. The molecule has 170 valence electrons. The molecule has 3 unspecified atom stereocenters. The van der Waals surface area contributed by atoms with Crippen molar-refractivity contribution >= 4 is 47.4 Å². The fraction of sp³-hybridized carbons (Fsp3) is 0.625. The summed E-state index contributed by atoms with van der Waals surface area (Å²) in [6, 6.07) is -3.92. The Morgan fingerprint density at radius 2 is 1.53 bits per heavy atom. The molecule has 0 fully saturated rings. The van der Waals surface area contributed by atoms with Gasteiger partial charge in [-0.15, -0.1) is 0 Å². The van der Waals surface area contributed by atoms with Gasteiger partial charge >= 0.3 is 17.9 Å². The summed E-state index contributed by atoms with van der Waals surface area (Å²) in [6.07, 6.45) is 0.474. The average molecular weight is 450 g/mol. The smallest absolute Gasteiger partial charge is 0.326 e. The zero-order valence-corrected chi connectivity index (χ0v) is 17.1. The summed E-state index contributed by atoms with van der Waals surface area (Å²) < 4.78 is 0. The van der Waals surface area contributed by atoms with Crippen LogP contribution < -0.4 is 21.7 Å². The molecular weight excluding hydrogens is 424 g/mol. The first-order valence-corrected chi connectivity index (χ1v) is 10.2. The molecule has 0 radical (unpaired) electrons. The molecule has 8 N–H and O–H groups in total. The second kappa shape index (κ2) is 14.2. The van der Waals surface area contributed by atoms with E-state index in [0.717, 1.165) is 0 Å². The lowest BCUT2D eigenvalue weighted by atomic mass is 10.1. The number of carboxylic acid groups (broad SMARTS) is 3. The molecule has 0 aliphatic rings. The molecule has 0 aromatic carbocycles. The predicted molar refractivity (Wildman–Crippen MR) is 105 cm³/mol. The van der Waals surface area contributed by atoms with E-state index in [1.54, 1.807) is 6.26 Å². The van der Waals surface area contributed by atoms with Crippen molar-refractivity contribution in [3.63, 3.8) is 0 Å². The summed E-state index contributed by atoms with van der Waals surface area (Å²) in [5.74, 6) is -5.93. The minimum absolute atomic E-state index is 0.149. The minimum Gasteiger partial charge on any atom is -0.481 e. The van der Waals surface area contributed by atoms with Crippen molar-refractivity contribution in [2.45, 2.75) is 43.8 Å². The number of carbonyl (C=O) groups is 6. The van der Waals surface area contributed by atoms with E-state index in [2.05, 4.69) is 16.0 Å². The van der Waals surface area contributed by atoms with Crippen LogP contribution in [-0.4, -0.2) is 87.6 Å². The van der Waals surface area contributed by atoms with Crippen molar-refractivity contribution in [1.82, 2.24) is 16.0 Å². The summed E-state index contributed by atoms with van der Waals surface area (Å²) in [5.41, 5.74) is 5.36. The van der Waals surface area contributed by atoms with E-state index in [9.17, 15) is 28.8 Å². The lowest BCUT2D eigenvalue weighted by Gasteiger charge is -2.21. The summed E-state index contributed by atoms with van der Waals surface area (Å²) in [4.78, 5) is 68.5. The average Bonchev–Trinajstić information content (AvgIpc) is 2.65. The zero-order chi connectivity index (χ0) is 23.3. The van der Waals surface area contributed by atoms with Gasteiger partial charge in [0, 0.05) is 6.42 Å². The summed E-state index contributed by atoms with van der Waals surface area (Å²) >= 11 is 1.37. The quantitative estimate of drug-likeness (QED) is 0.139. The van der Waals surface area contributed by atoms with Crippen molar-refractivity contribution in [3.05, 3.63) is 0 Å². The fourth-order valence-corrected chi connectivity index (χ4v) is 2.60. The maximum atomic E-state index is 12.4. The highest BCUT2D eigenvalue weighted by atomic mass is 32.2. The van der Waals surface area contributed by atoms with Crippen LogP contribution in [-0.2, 0) is 28.8 Å². The second-order valence-corrected chi connectivity index (χ2v) is 7.14. The second-order valence-electron chi connectivity index (χ2n) is 6.16. The number of aliphatic carboxylic acids is 3. The Morgan fingerprint density at radius 1 is 0.900 bits per heavy atom. The molecule has 13 nitrogen and oxygen atoms in total. The van der Waals surface area contributed by atoms with Crippen LogP contribution >= 0.6 is 11.8 Å². The van der Waals surface area contributed by atoms with Gasteiger partial charge in [0.25, 0.3) is 0 Å². The van der Waals surface area contributed by atoms with Gasteiger partial charge in [-0.25, -0.2) is 4.79 Å². The third-order valence-electron chi connectivity index (χ3n) is 3.68. The first-order chi connectivity index (χ1) is 14.0. The van der Waals surface area contributed by atoms with Crippen LogP contribution in [0.1, 0.15) is 25.7 Å². The van der Waals surface area contributed by atoms with E-state index in [-0.39, 0.29) is 12.8 Å². The molecule has 3 amide bonds. The molecule has 0 aliphatic heterocycles. The molecule has 0 bridgehead atoms. The van der Waals surface area contributed by atoms with Crippen LogP contribution in [0.25, 0.3) is 0 Å². The van der Waals surface area contributed by atoms with Gasteiger partial charge in [-0.05, 0) is 24.9 Å². The molecule has 3 atom stereocenters. The van der Waals surface area contributed by atoms with Crippen molar-refractivity contribution < 1.29 is 44.1 Å². The molecule has 30 heavy (non-hydrogen) atoms. The predicted octanol–water partition coefficient (Wildman–Crippen LogP) is -2.42. The first kappa shape index (κ1) is 27.1. The molecule has 0 spiro atoms. The first-order valence-electron chi connectivity index (χ1n) is 8.76. The van der Waals surface area contributed by atoms with Crippen LogP contribution in [0.15, 0.2) is 0 Å². The minimum atomic E-state index is -1.45. The largest absolute Gasteiger partial charge is 0.481 e. The summed E-state index contributed by atoms with van der Waals surface area (Å²) in [5, 5.41) is 33.1. The number of nitrogens with one attached hydrogen (secondary N) is 3. The van der Waals surface area contributed by atoms with Crippen LogP contribution in [0.3, 0.4) is 0 Å². The highest BCUT2D eigenvalue weighted by molar-refractivity contribution is 7.98. The molecule has 0 saturated heterocycles. The van der Waals surface area contributed by atoms with Crippen LogP contribution in [0, 0.1) is 0 Å². The SMILES string of the molecule is CSCCC(NC(=O)CNC(=O)C(N)CC(=O)O)C(=O)NC(CCC(=O)O)C(=O)O. The highest BCUT2D eigenvalue weighted by Crippen LogP contribution is 2.04. The van der Waals surface area contributed by atoms with Gasteiger partial charge in [0.15, 0.2) is 0 Å². The molecular formula is C16H26N4O9S. The third-order valence-corrected chi connectivity index (χ3v) is 4.32. The molecule has 0 aromatic heterocycles. The van der Waals surface area contributed by atoms with Gasteiger partial charge < -0.3 is 37.0 Å².